The molecule has 154 valence electrons. The number of imidazole rings is 1. The van der Waals surface area contributed by atoms with Gasteiger partial charge in [-0.2, -0.15) is 0 Å². The Labute approximate surface area is 186 Å². The van der Waals surface area contributed by atoms with E-state index in [1.54, 1.807) is 9.30 Å². The molecule has 0 fully saturated rings. The smallest absolute Gasteiger partial charge is 0.273 e. The number of para-hydroxylation sites is 3. The van der Waals surface area contributed by atoms with E-state index in [1.165, 1.54) is 11.3 Å². The average Bonchev–Trinajstić information content (AvgIpc) is 3.50. The van der Waals surface area contributed by atoms with Crippen molar-refractivity contribution in [3.05, 3.63) is 112 Å². The van der Waals surface area contributed by atoms with E-state index in [9.17, 15) is 9.59 Å². The number of pyridine rings is 1. The van der Waals surface area contributed by atoms with Crippen LogP contribution in [0.1, 0.15) is 9.67 Å². The Balaban J connectivity index is 1.80. The average molecular weight is 436 g/mol. The highest BCUT2D eigenvalue weighted by Gasteiger charge is 2.27. The van der Waals surface area contributed by atoms with Crippen LogP contribution in [0.2, 0.25) is 0 Å². The molecule has 5 nitrogen and oxygen atoms in total. The number of nitrogens with zero attached hydrogens (tertiary/aromatic N) is 2. The summed E-state index contributed by atoms with van der Waals surface area (Å²) in [4.78, 5) is 33.1. The summed E-state index contributed by atoms with van der Waals surface area (Å²) in [6.45, 7) is 0. The first-order valence-electron chi connectivity index (χ1n) is 10.2. The Hall–Kier alpha value is -4.16. The van der Waals surface area contributed by atoms with E-state index in [-0.39, 0.29) is 11.5 Å². The molecule has 0 aliphatic heterocycles. The molecule has 1 N–H and O–H groups in total. The summed E-state index contributed by atoms with van der Waals surface area (Å²) in [6, 6.07) is 28.4. The van der Waals surface area contributed by atoms with Crippen LogP contribution in [0.5, 0.6) is 0 Å². The third-order valence-electron chi connectivity index (χ3n) is 5.63. The quantitative estimate of drug-likeness (QED) is 0.372. The number of thiophene rings is 1. The van der Waals surface area contributed by atoms with Crippen molar-refractivity contribution in [1.82, 2.24) is 9.38 Å². The fourth-order valence-electron chi connectivity index (χ4n) is 4.24. The first-order chi connectivity index (χ1) is 15.7. The third kappa shape index (κ3) is 2.70. The van der Waals surface area contributed by atoms with E-state index in [4.69, 9.17) is 0 Å². The minimum absolute atomic E-state index is 0.117. The van der Waals surface area contributed by atoms with Gasteiger partial charge in [-0.05, 0) is 41.8 Å². The second kappa shape index (κ2) is 7.21. The van der Waals surface area contributed by atoms with E-state index in [0.717, 1.165) is 22.1 Å². The number of amides is 1. The van der Waals surface area contributed by atoms with Gasteiger partial charge in [0.1, 0.15) is 5.65 Å². The van der Waals surface area contributed by atoms with Crippen molar-refractivity contribution >= 4 is 56.1 Å². The van der Waals surface area contributed by atoms with Gasteiger partial charge in [0.05, 0.1) is 21.6 Å². The fourth-order valence-corrected chi connectivity index (χ4v) is 4.89. The second-order valence-corrected chi connectivity index (χ2v) is 8.43. The van der Waals surface area contributed by atoms with Gasteiger partial charge in [-0.15, -0.1) is 11.3 Å². The van der Waals surface area contributed by atoms with Gasteiger partial charge in [0.25, 0.3) is 11.5 Å². The molecular weight excluding hydrogens is 418 g/mol. The van der Waals surface area contributed by atoms with Crippen LogP contribution in [0.25, 0.3) is 27.5 Å². The Morgan fingerprint density at radius 1 is 0.812 bits per heavy atom. The van der Waals surface area contributed by atoms with Crippen molar-refractivity contribution in [1.29, 1.82) is 0 Å². The third-order valence-corrected chi connectivity index (χ3v) is 6.49. The van der Waals surface area contributed by atoms with Crippen LogP contribution in [0, 0.1) is 0 Å². The molecule has 0 saturated heterocycles. The van der Waals surface area contributed by atoms with Crippen molar-refractivity contribution in [2.75, 3.05) is 4.90 Å². The zero-order valence-electron chi connectivity index (χ0n) is 16.9. The van der Waals surface area contributed by atoms with Gasteiger partial charge in [-0.1, -0.05) is 54.6 Å². The summed E-state index contributed by atoms with van der Waals surface area (Å²) in [5.74, 6) is -0.143. The van der Waals surface area contributed by atoms with Crippen LogP contribution in [0.4, 0.5) is 11.4 Å². The first-order valence-corrected chi connectivity index (χ1v) is 11.1. The number of hydrogen-bond acceptors (Lipinski definition) is 3. The lowest BCUT2D eigenvalue weighted by atomic mass is 10.1. The number of carbonyl (C=O) groups excluding carboxylic acids is 1. The van der Waals surface area contributed by atoms with E-state index in [0.29, 0.717) is 21.6 Å². The van der Waals surface area contributed by atoms with Crippen molar-refractivity contribution in [2.24, 2.45) is 0 Å². The summed E-state index contributed by atoms with van der Waals surface area (Å²) in [5.41, 5.74) is 3.46. The number of anilines is 2. The molecule has 0 spiro atoms. The van der Waals surface area contributed by atoms with Crippen LogP contribution in [0.3, 0.4) is 0 Å². The maximum Gasteiger partial charge on any atom is 0.273 e. The standard InChI is InChI=1S/C26H17N3O2S/c30-25-19-12-5-4-11-18(19)23(24-27-20-13-6-7-14-21(20)29(24)25)28(17-9-2-1-3-10-17)26(31)22-15-8-16-32-22/h1-16,27H. The van der Waals surface area contributed by atoms with Gasteiger partial charge in [0.15, 0.2) is 0 Å². The predicted molar refractivity (Wildman–Crippen MR) is 130 cm³/mol. The van der Waals surface area contributed by atoms with Crippen LogP contribution < -0.4 is 10.5 Å². The monoisotopic (exact) mass is 435 g/mol. The number of fused-ring (bicyclic) bond motifs is 4. The lowest BCUT2D eigenvalue weighted by Crippen LogP contribution is -2.27. The molecule has 0 unspecified atom stereocenters. The Kier molecular flexibility index (Phi) is 4.19. The largest absolute Gasteiger partial charge is 0.338 e. The molecule has 6 heteroatoms. The molecule has 32 heavy (non-hydrogen) atoms. The number of nitrogens with one attached hydrogen (secondary N) is 1. The zero-order chi connectivity index (χ0) is 21.7. The molecular formula is C26H17N3O2S. The number of rotatable bonds is 3. The number of aromatic amines is 1. The highest BCUT2D eigenvalue weighted by atomic mass is 32.1. The molecule has 0 aliphatic rings. The van der Waals surface area contributed by atoms with Crippen molar-refractivity contribution in [3.63, 3.8) is 0 Å². The molecule has 0 radical (unpaired) electrons. The number of carbonyl (C=O) groups is 1. The minimum Gasteiger partial charge on any atom is -0.338 e. The highest BCUT2D eigenvalue weighted by molar-refractivity contribution is 7.12. The molecule has 1 amide bonds. The molecule has 0 atom stereocenters. The molecule has 0 bridgehead atoms. The summed E-state index contributed by atoms with van der Waals surface area (Å²) in [7, 11) is 0. The van der Waals surface area contributed by atoms with Gasteiger partial charge in [-0.3, -0.25) is 18.9 Å². The van der Waals surface area contributed by atoms with Gasteiger partial charge >= 0.3 is 0 Å². The van der Waals surface area contributed by atoms with Gasteiger partial charge in [0, 0.05) is 16.5 Å². The summed E-state index contributed by atoms with van der Waals surface area (Å²) in [6.07, 6.45) is 0. The van der Waals surface area contributed by atoms with E-state index >= 15 is 0 Å². The topological polar surface area (TPSA) is 57.6 Å². The maximum atomic E-state index is 13.8. The molecule has 6 aromatic rings. The molecule has 3 heterocycles. The Morgan fingerprint density at radius 3 is 2.31 bits per heavy atom. The van der Waals surface area contributed by atoms with Crippen LogP contribution >= 0.6 is 11.3 Å². The summed E-state index contributed by atoms with van der Waals surface area (Å²) in [5, 5.41) is 3.17. The highest BCUT2D eigenvalue weighted by Crippen LogP contribution is 2.37. The Morgan fingerprint density at radius 2 is 1.53 bits per heavy atom. The number of aromatic nitrogens is 2. The number of H-pyrrole nitrogens is 1. The van der Waals surface area contributed by atoms with Crippen molar-refractivity contribution < 1.29 is 4.79 Å². The van der Waals surface area contributed by atoms with Crippen molar-refractivity contribution in [3.8, 4) is 0 Å². The first kappa shape index (κ1) is 18.6. The molecule has 3 aromatic heterocycles. The number of benzene rings is 3. The maximum absolute atomic E-state index is 13.8. The van der Waals surface area contributed by atoms with E-state index in [1.807, 2.05) is 96.4 Å². The van der Waals surface area contributed by atoms with Crippen LogP contribution in [-0.2, 0) is 0 Å². The fraction of sp³-hybridized carbons (Fsp3) is 0. The molecule has 3 aromatic carbocycles. The van der Waals surface area contributed by atoms with E-state index in [2.05, 4.69) is 4.98 Å². The zero-order valence-corrected chi connectivity index (χ0v) is 17.7. The van der Waals surface area contributed by atoms with Gasteiger partial charge < -0.3 is 4.98 Å². The molecule has 0 aliphatic carbocycles. The lowest BCUT2D eigenvalue weighted by Gasteiger charge is -2.24. The predicted octanol–water partition coefficient (Wildman–Crippen LogP) is 5.97. The lowest BCUT2D eigenvalue weighted by molar-refractivity contribution is 0.100. The Bertz CT molecular complexity index is 1660. The van der Waals surface area contributed by atoms with Gasteiger partial charge in [0.2, 0.25) is 0 Å². The van der Waals surface area contributed by atoms with Crippen LogP contribution in [0.15, 0.2) is 101 Å². The second-order valence-electron chi connectivity index (χ2n) is 7.48. The van der Waals surface area contributed by atoms with E-state index < -0.39 is 0 Å². The minimum atomic E-state index is -0.143. The summed E-state index contributed by atoms with van der Waals surface area (Å²) >= 11 is 1.40. The van der Waals surface area contributed by atoms with Crippen molar-refractivity contribution in [2.45, 2.75) is 0 Å². The van der Waals surface area contributed by atoms with Gasteiger partial charge in [-0.25, -0.2) is 0 Å². The number of hydrogen-bond donors (Lipinski definition) is 1. The summed E-state index contributed by atoms with van der Waals surface area (Å²) < 4.78 is 1.67. The normalized spacial score (nSPS) is 11.4. The van der Waals surface area contributed by atoms with Crippen LogP contribution in [-0.4, -0.2) is 15.3 Å². The SMILES string of the molecule is O=C(c1cccs1)N(c1ccccc1)c1c2ccccc2c(=O)n2c1[nH]c1ccccc12. The molecule has 6 rings (SSSR count). The molecule has 0 saturated carbocycles.